The molecule has 2 aromatic carbocycles. The Morgan fingerprint density at radius 2 is 1.87 bits per heavy atom. The van der Waals surface area contributed by atoms with Crippen LogP contribution < -0.4 is 5.76 Å². The Labute approximate surface area is 270 Å². The van der Waals surface area contributed by atoms with Gasteiger partial charge in [0.05, 0.1) is 45.2 Å². The number of aryl methyl sites for hydroxylation is 2. The van der Waals surface area contributed by atoms with Gasteiger partial charge < -0.3 is 13.7 Å². The lowest BCUT2D eigenvalue weighted by Gasteiger charge is -2.16. The average molecular weight is 644 g/mol. The number of thiophene rings is 1. The Morgan fingerprint density at radius 1 is 1.00 bits per heavy atom. The predicted octanol–water partition coefficient (Wildman–Crippen LogP) is 7.25. The number of H-pyrrole nitrogens is 1. The van der Waals surface area contributed by atoms with Crippen LogP contribution in [0.1, 0.15) is 57.5 Å². The quantitative estimate of drug-likeness (QED) is 0.194. The van der Waals surface area contributed by atoms with Crippen LogP contribution in [0.2, 0.25) is 0 Å². The van der Waals surface area contributed by atoms with Crippen molar-refractivity contribution in [1.82, 2.24) is 25.1 Å². The van der Waals surface area contributed by atoms with E-state index in [4.69, 9.17) is 18.8 Å². The van der Waals surface area contributed by atoms with E-state index >= 15 is 0 Å². The first-order chi connectivity index (χ1) is 23.0. The Kier molecular flexibility index (Phi) is 6.42. The molecule has 2 aliphatic heterocycles. The van der Waals surface area contributed by atoms with E-state index in [0.717, 1.165) is 61.3 Å². The summed E-state index contributed by atoms with van der Waals surface area (Å²) in [5.41, 5.74) is 6.83. The van der Waals surface area contributed by atoms with E-state index in [1.165, 1.54) is 12.1 Å². The van der Waals surface area contributed by atoms with Gasteiger partial charge in [0.15, 0.2) is 0 Å². The molecule has 9 nitrogen and oxygen atoms in total. The number of amides is 1. The van der Waals surface area contributed by atoms with Crippen molar-refractivity contribution in [2.75, 3.05) is 6.54 Å². The second kappa shape index (κ2) is 10.8. The van der Waals surface area contributed by atoms with E-state index in [-0.39, 0.29) is 23.7 Å². The summed E-state index contributed by atoms with van der Waals surface area (Å²) >= 11 is 1.55. The number of hydrogen-bond donors (Lipinski definition) is 1. The second-order valence-corrected chi connectivity index (χ2v) is 13.0. The molecule has 1 fully saturated rings. The summed E-state index contributed by atoms with van der Waals surface area (Å²) < 4.78 is 26.1. The highest BCUT2D eigenvalue weighted by Crippen LogP contribution is 2.50. The Hall–Kier alpha value is -5.42. The Morgan fingerprint density at radius 3 is 2.72 bits per heavy atom. The molecule has 7 aromatic rings. The third-order valence-corrected chi connectivity index (χ3v) is 10.4. The largest absolute Gasteiger partial charge is 0.464 e. The highest BCUT2D eigenvalue weighted by Gasteiger charge is 2.44. The van der Waals surface area contributed by atoms with Crippen molar-refractivity contribution in [3.05, 3.63) is 123 Å². The van der Waals surface area contributed by atoms with E-state index in [1.807, 2.05) is 35.2 Å². The normalized spacial score (nSPS) is 15.6. The van der Waals surface area contributed by atoms with E-state index in [1.54, 1.807) is 35.9 Å². The van der Waals surface area contributed by atoms with Crippen molar-refractivity contribution < 1.29 is 18.0 Å². The van der Waals surface area contributed by atoms with Gasteiger partial charge in [-0.05, 0) is 67.0 Å². The van der Waals surface area contributed by atoms with E-state index < -0.39 is 5.76 Å². The number of fused-ring (bicyclic) bond motifs is 5. The van der Waals surface area contributed by atoms with Crippen molar-refractivity contribution >= 4 is 38.3 Å². The molecule has 47 heavy (non-hydrogen) atoms. The SMILES string of the molecule is O=C1c2c(nc(CCc3ccc(F)cc3)c(-c3n[nH]c(=O)o3)c2-c2cc3ccnc(Cc4coc5ccccc45)c3s2)C2CCCN12. The highest BCUT2D eigenvalue weighted by atomic mass is 32.1. The van der Waals surface area contributed by atoms with Gasteiger partial charge in [-0.3, -0.25) is 14.8 Å². The third-order valence-electron chi connectivity index (χ3n) is 9.23. The number of aromatic nitrogens is 4. The van der Waals surface area contributed by atoms with Crippen molar-refractivity contribution in [2.24, 2.45) is 0 Å². The van der Waals surface area contributed by atoms with Crippen LogP contribution in [0.15, 0.2) is 86.8 Å². The minimum Gasteiger partial charge on any atom is -0.464 e. The van der Waals surface area contributed by atoms with Gasteiger partial charge in [-0.1, -0.05) is 30.3 Å². The summed E-state index contributed by atoms with van der Waals surface area (Å²) in [6.07, 6.45) is 6.93. The zero-order chi connectivity index (χ0) is 31.6. The topological polar surface area (TPSA) is 118 Å². The lowest BCUT2D eigenvalue weighted by molar-refractivity contribution is 0.0776. The Bertz CT molecular complexity index is 2410. The molecule has 7 heterocycles. The molecule has 232 valence electrons. The summed E-state index contributed by atoms with van der Waals surface area (Å²) in [5.74, 6) is -0.993. The fourth-order valence-electron chi connectivity index (χ4n) is 7.08. The summed E-state index contributed by atoms with van der Waals surface area (Å²) in [7, 11) is 0. The molecule has 1 N–H and O–H groups in total. The lowest BCUT2D eigenvalue weighted by atomic mass is 9.93. The number of halogens is 1. The molecule has 0 aliphatic carbocycles. The lowest BCUT2D eigenvalue weighted by Crippen LogP contribution is -2.22. The molecule has 0 radical (unpaired) electrons. The van der Waals surface area contributed by atoms with Crippen LogP contribution in [0.25, 0.3) is 43.0 Å². The summed E-state index contributed by atoms with van der Waals surface area (Å²) in [6.45, 7) is 0.663. The fraction of sp³-hybridized carbons (Fsp3) is 0.194. The van der Waals surface area contributed by atoms with Gasteiger partial charge in [-0.2, -0.15) is 0 Å². The molecule has 2 aliphatic rings. The first kappa shape index (κ1) is 27.9. The average Bonchev–Trinajstić information content (AvgIpc) is 3.92. The zero-order valence-corrected chi connectivity index (χ0v) is 25.8. The summed E-state index contributed by atoms with van der Waals surface area (Å²) in [5, 5.41) is 8.66. The standard InChI is InChI=1S/C36H26FN5O4S/c37-22-10-7-19(8-11-22)9-12-24-29(34-40-41-36(44)46-34)30(31-32(39-24)26-5-3-15-42(26)35(31)43)28-17-20-13-14-38-25(33(20)47-28)16-21-18-45-27-6-2-1-4-23(21)27/h1-2,4,6-8,10-11,13-14,17-18,26H,3,5,9,12,15-16H2,(H,41,44). The van der Waals surface area contributed by atoms with Crippen molar-refractivity contribution in [3.63, 3.8) is 0 Å². The summed E-state index contributed by atoms with van der Waals surface area (Å²) in [6, 6.07) is 18.3. The third kappa shape index (κ3) is 4.60. The van der Waals surface area contributed by atoms with Gasteiger partial charge in [0.2, 0.25) is 0 Å². The monoisotopic (exact) mass is 643 g/mol. The van der Waals surface area contributed by atoms with Crippen LogP contribution in [0.3, 0.4) is 0 Å². The van der Waals surface area contributed by atoms with Gasteiger partial charge in [-0.15, -0.1) is 16.4 Å². The van der Waals surface area contributed by atoms with Gasteiger partial charge >= 0.3 is 5.76 Å². The molecule has 1 amide bonds. The van der Waals surface area contributed by atoms with Gasteiger partial charge in [0, 0.05) is 40.6 Å². The zero-order valence-electron chi connectivity index (χ0n) is 25.0. The minimum absolute atomic E-state index is 0.0742. The molecule has 11 heteroatoms. The van der Waals surface area contributed by atoms with Crippen LogP contribution in [0.4, 0.5) is 4.39 Å². The fourth-order valence-corrected chi connectivity index (χ4v) is 8.28. The number of benzene rings is 2. The number of aromatic amines is 1. The van der Waals surface area contributed by atoms with Crippen LogP contribution in [-0.2, 0) is 19.3 Å². The van der Waals surface area contributed by atoms with E-state index in [2.05, 4.69) is 16.3 Å². The maximum atomic E-state index is 14.1. The van der Waals surface area contributed by atoms with Crippen LogP contribution in [0, 0.1) is 5.82 Å². The second-order valence-electron chi connectivity index (χ2n) is 12.0. The molecule has 0 saturated carbocycles. The molecular formula is C36H26FN5O4S. The van der Waals surface area contributed by atoms with Gasteiger partial charge in [0.25, 0.3) is 11.8 Å². The molecule has 0 bridgehead atoms. The van der Waals surface area contributed by atoms with Gasteiger partial charge in [0.1, 0.15) is 11.4 Å². The molecule has 5 aromatic heterocycles. The van der Waals surface area contributed by atoms with Crippen molar-refractivity contribution in [2.45, 2.75) is 38.1 Å². The molecule has 1 atom stereocenters. The Balaban J connectivity index is 1.24. The summed E-state index contributed by atoms with van der Waals surface area (Å²) in [4.78, 5) is 39.1. The maximum absolute atomic E-state index is 14.1. The number of carbonyl (C=O) groups is 1. The molecular weight excluding hydrogens is 617 g/mol. The first-order valence-corrected chi connectivity index (χ1v) is 16.3. The number of furan rings is 1. The number of pyridine rings is 2. The molecule has 1 unspecified atom stereocenters. The van der Waals surface area contributed by atoms with E-state index in [9.17, 15) is 14.0 Å². The highest BCUT2D eigenvalue weighted by molar-refractivity contribution is 7.22. The van der Waals surface area contributed by atoms with Gasteiger partial charge in [-0.25, -0.2) is 14.3 Å². The predicted molar refractivity (Wildman–Crippen MR) is 175 cm³/mol. The molecule has 0 spiro atoms. The van der Waals surface area contributed by atoms with Crippen LogP contribution >= 0.6 is 11.3 Å². The van der Waals surface area contributed by atoms with Crippen LogP contribution in [-0.4, -0.2) is 37.5 Å². The van der Waals surface area contributed by atoms with E-state index in [0.29, 0.717) is 48.2 Å². The van der Waals surface area contributed by atoms with Crippen molar-refractivity contribution in [3.8, 4) is 21.9 Å². The number of carbonyl (C=O) groups excluding carboxylic acids is 1. The number of hydrogen-bond acceptors (Lipinski definition) is 8. The maximum Gasteiger partial charge on any atom is 0.434 e. The van der Waals surface area contributed by atoms with Crippen LogP contribution in [0.5, 0.6) is 0 Å². The molecule has 9 rings (SSSR count). The number of para-hydroxylation sites is 1. The minimum atomic E-state index is -0.696. The number of nitrogens with one attached hydrogen (secondary N) is 1. The number of nitrogens with zero attached hydrogens (tertiary/aromatic N) is 4. The smallest absolute Gasteiger partial charge is 0.434 e. The molecule has 1 saturated heterocycles. The first-order valence-electron chi connectivity index (χ1n) is 15.5. The number of rotatable bonds is 7. The van der Waals surface area contributed by atoms with Crippen molar-refractivity contribution in [1.29, 1.82) is 0 Å².